The van der Waals surface area contributed by atoms with E-state index in [1.165, 1.54) is 41.3 Å². The third-order valence-electron chi connectivity index (χ3n) is 3.51. The van der Waals surface area contributed by atoms with Crippen molar-refractivity contribution in [2.75, 3.05) is 18.8 Å². The summed E-state index contributed by atoms with van der Waals surface area (Å²) in [5.41, 5.74) is 0. The third kappa shape index (κ3) is 9.82. The fourth-order valence-electron chi connectivity index (χ4n) is 1.91. The van der Waals surface area contributed by atoms with Crippen LogP contribution in [-0.4, -0.2) is 46.7 Å². The number of phenols is 3. The fourth-order valence-corrected chi connectivity index (χ4v) is 3.47. The Morgan fingerprint density at radius 1 is 0.733 bits per heavy atom. The SMILES string of the molecule is CS(=O)(=O)c1ccc(O)cc1.CS(=O)c1ccc(O)cc1.CSc1ccc(O)cc1. The van der Waals surface area contributed by atoms with E-state index >= 15 is 0 Å². The van der Waals surface area contributed by atoms with E-state index in [1.54, 1.807) is 42.3 Å². The number of rotatable bonds is 3. The number of aromatic hydroxyl groups is 3. The molecule has 3 N–H and O–H groups in total. The fraction of sp³-hybridized carbons (Fsp3) is 0.143. The average Bonchev–Trinajstić information content (AvgIpc) is 2.69. The van der Waals surface area contributed by atoms with Gasteiger partial charge in [0, 0.05) is 33.1 Å². The van der Waals surface area contributed by atoms with Gasteiger partial charge in [-0.2, -0.15) is 0 Å². The number of hydrogen-bond donors (Lipinski definition) is 3. The van der Waals surface area contributed by atoms with Crippen LogP contribution >= 0.6 is 11.8 Å². The van der Waals surface area contributed by atoms with Crippen LogP contribution in [-0.2, 0) is 20.6 Å². The molecule has 0 aromatic heterocycles. The molecular formula is C21H24O6S3. The van der Waals surface area contributed by atoms with Crippen LogP contribution in [0.15, 0.2) is 87.5 Å². The van der Waals surface area contributed by atoms with Crippen molar-refractivity contribution in [2.24, 2.45) is 0 Å². The molecule has 0 aliphatic heterocycles. The molecule has 3 aromatic carbocycles. The molecule has 1 atom stereocenters. The highest BCUT2D eigenvalue weighted by Crippen LogP contribution is 2.17. The van der Waals surface area contributed by atoms with Gasteiger partial charge in [-0.3, -0.25) is 4.21 Å². The predicted octanol–water partition coefficient (Wildman–Crippen LogP) is 4.04. The summed E-state index contributed by atoms with van der Waals surface area (Å²) < 4.78 is 32.5. The largest absolute Gasteiger partial charge is 0.508 e. The van der Waals surface area contributed by atoms with Crippen molar-refractivity contribution >= 4 is 32.4 Å². The van der Waals surface area contributed by atoms with E-state index < -0.39 is 20.6 Å². The minimum absolute atomic E-state index is 0.0670. The van der Waals surface area contributed by atoms with Crippen LogP contribution in [0.3, 0.4) is 0 Å². The van der Waals surface area contributed by atoms with Crippen LogP contribution in [0.4, 0.5) is 0 Å². The lowest BCUT2D eigenvalue weighted by atomic mass is 10.3. The summed E-state index contributed by atoms with van der Waals surface area (Å²) in [7, 11) is -4.08. The molecule has 0 heterocycles. The van der Waals surface area contributed by atoms with Gasteiger partial charge in [0.2, 0.25) is 0 Å². The first-order valence-corrected chi connectivity index (χ1v) is 13.1. The predicted molar refractivity (Wildman–Crippen MR) is 122 cm³/mol. The van der Waals surface area contributed by atoms with Crippen molar-refractivity contribution in [3.05, 3.63) is 72.8 Å². The molecule has 0 saturated heterocycles. The lowest BCUT2D eigenvalue weighted by Crippen LogP contribution is -1.95. The highest BCUT2D eigenvalue weighted by atomic mass is 32.2. The van der Waals surface area contributed by atoms with Crippen molar-refractivity contribution in [3.8, 4) is 17.2 Å². The summed E-state index contributed by atoms with van der Waals surface area (Å²) in [6, 6.07) is 18.9. The molecule has 0 bridgehead atoms. The molecule has 0 spiro atoms. The van der Waals surface area contributed by atoms with E-state index in [2.05, 4.69) is 0 Å². The highest BCUT2D eigenvalue weighted by molar-refractivity contribution is 7.98. The van der Waals surface area contributed by atoms with E-state index in [0.717, 1.165) is 11.2 Å². The lowest BCUT2D eigenvalue weighted by Gasteiger charge is -1.96. The molecule has 1 unspecified atom stereocenters. The van der Waals surface area contributed by atoms with Gasteiger partial charge in [-0.05, 0) is 79.1 Å². The van der Waals surface area contributed by atoms with Gasteiger partial charge in [0.15, 0.2) is 9.84 Å². The molecule has 0 saturated carbocycles. The second kappa shape index (κ2) is 12.3. The van der Waals surface area contributed by atoms with Crippen molar-refractivity contribution in [2.45, 2.75) is 14.7 Å². The smallest absolute Gasteiger partial charge is 0.175 e. The van der Waals surface area contributed by atoms with E-state index in [0.29, 0.717) is 5.75 Å². The Balaban J connectivity index is 0.000000226. The van der Waals surface area contributed by atoms with Crippen LogP contribution in [0, 0.1) is 0 Å². The molecule has 162 valence electrons. The van der Waals surface area contributed by atoms with Gasteiger partial charge < -0.3 is 15.3 Å². The number of phenolic OH excluding ortho intramolecular Hbond substituents is 3. The molecule has 30 heavy (non-hydrogen) atoms. The first-order chi connectivity index (χ1) is 14.0. The Morgan fingerprint density at radius 3 is 1.43 bits per heavy atom. The molecule has 0 fully saturated rings. The summed E-state index contributed by atoms with van der Waals surface area (Å²) >= 11 is 1.67. The summed E-state index contributed by atoms with van der Waals surface area (Å²) in [6.45, 7) is 0. The Morgan fingerprint density at radius 2 is 1.10 bits per heavy atom. The Kier molecular flexibility index (Phi) is 10.4. The average molecular weight is 469 g/mol. The minimum atomic E-state index is -3.13. The zero-order valence-corrected chi connectivity index (χ0v) is 19.2. The number of sulfone groups is 1. The summed E-state index contributed by atoms with van der Waals surface area (Å²) in [6.07, 6.45) is 4.73. The maximum atomic E-state index is 10.9. The van der Waals surface area contributed by atoms with Crippen molar-refractivity contribution in [1.82, 2.24) is 0 Å². The Bertz CT molecular complexity index is 1030. The first kappa shape index (κ1) is 25.5. The summed E-state index contributed by atoms with van der Waals surface area (Å²) in [5.74, 6) is 0.597. The summed E-state index contributed by atoms with van der Waals surface area (Å²) in [4.78, 5) is 2.13. The van der Waals surface area contributed by atoms with Gasteiger partial charge in [-0.1, -0.05) is 0 Å². The zero-order valence-electron chi connectivity index (χ0n) is 16.7. The molecule has 0 amide bonds. The topological polar surface area (TPSA) is 112 Å². The quantitative estimate of drug-likeness (QED) is 0.497. The Labute approximate surface area is 183 Å². The molecule has 3 aromatic rings. The molecule has 0 aliphatic rings. The second-order valence-corrected chi connectivity index (χ2v) is 10.2. The van der Waals surface area contributed by atoms with Crippen LogP contribution < -0.4 is 0 Å². The lowest BCUT2D eigenvalue weighted by molar-refractivity contribution is 0.474. The van der Waals surface area contributed by atoms with Crippen molar-refractivity contribution < 1.29 is 27.9 Å². The van der Waals surface area contributed by atoms with Crippen LogP contribution in [0.25, 0.3) is 0 Å². The van der Waals surface area contributed by atoms with E-state index in [9.17, 15) is 12.6 Å². The minimum Gasteiger partial charge on any atom is -0.508 e. The van der Waals surface area contributed by atoms with E-state index in [1.807, 2.05) is 18.4 Å². The second-order valence-electron chi connectivity index (χ2n) is 5.91. The molecule has 0 radical (unpaired) electrons. The van der Waals surface area contributed by atoms with Crippen molar-refractivity contribution in [1.29, 1.82) is 0 Å². The van der Waals surface area contributed by atoms with E-state index in [-0.39, 0.29) is 16.4 Å². The zero-order chi connectivity index (χ0) is 22.7. The van der Waals surface area contributed by atoms with Gasteiger partial charge >= 0.3 is 0 Å². The number of thioether (sulfide) groups is 1. The number of benzene rings is 3. The van der Waals surface area contributed by atoms with Crippen LogP contribution in [0.2, 0.25) is 0 Å². The third-order valence-corrected chi connectivity index (χ3v) is 6.31. The molecule has 6 nitrogen and oxygen atoms in total. The van der Waals surface area contributed by atoms with Crippen LogP contribution in [0.5, 0.6) is 17.2 Å². The molecule has 0 aliphatic carbocycles. The molecular weight excluding hydrogens is 444 g/mol. The van der Waals surface area contributed by atoms with Gasteiger partial charge in [-0.25, -0.2) is 8.42 Å². The molecule has 3 rings (SSSR count). The van der Waals surface area contributed by atoms with E-state index in [4.69, 9.17) is 15.3 Å². The summed E-state index contributed by atoms with van der Waals surface area (Å²) in [5, 5.41) is 26.5. The first-order valence-electron chi connectivity index (χ1n) is 8.47. The monoisotopic (exact) mass is 468 g/mol. The Hall–Kier alpha value is -2.49. The van der Waals surface area contributed by atoms with Crippen molar-refractivity contribution in [3.63, 3.8) is 0 Å². The van der Waals surface area contributed by atoms with Gasteiger partial charge in [0.05, 0.1) is 4.90 Å². The van der Waals surface area contributed by atoms with Gasteiger partial charge in [-0.15, -0.1) is 11.8 Å². The van der Waals surface area contributed by atoms with Gasteiger partial charge in [0.25, 0.3) is 0 Å². The highest BCUT2D eigenvalue weighted by Gasteiger charge is 2.04. The van der Waals surface area contributed by atoms with Gasteiger partial charge in [0.1, 0.15) is 17.2 Å². The normalized spacial score (nSPS) is 11.3. The van der Waals surface area contributed by atoms with Crippen LogP contribution in [0.1, 0.15) is 0 Å². The maximum absolute atomic E-state index is 10.9. The molecule has 9 heteroatoms. The standard InChI is InChI=1S/C7H8O3S.C7H8O2S.C7H8OS/c1-11(9,10)7-4-2-6(8)3-5-7;1-10(9)7-4-2-6(8)3-5-7;1-9-7-4-2-6(8)3-5-7/h2-5,8H,1H3;2-5,8H,1H3;2-5,8H,1H3. The maximum Gasteiger partial charge on any atom is 0.175 e. The number of hydrogen-bond acceptors (Lipinski definition) is 7.